The van der Waals surface area contributed by atoms with Crippen LogP contribution in [-0.2, 0) is 4.74 Å². The van der Waals surface area contributed by atoms with E-state index in [1.165, 1.54) is 24.9 Å². The third kappa shape index (κ3) is 4.89. The highest BCUT2D eigenvalue weighted by molar-refractivity contribution is 5.59. The molecule has 27 heavy (non-hydrogen) atoms. The monoisotopic (exact) mass is 368 g/mol. The maximum Gasteiger partial charge on any atom is 0.230 e. The Kier molecular flexibility index (Phi) is 5.72. The molecule has 2 fully saturated rings. The van der Waals surface area contributed by atoms with E-state index in [4.69, 9.17) is 9.47 Å². The number of ether oxygens (including phenoxy) is 2. The molecule has 1 aromatic heterocycles. The summed E-state index contributed by atoms with van der Waals surface area (Å²) in [6.45, 7) is 6.52. The molecule has 2 heterocycles. The van der Waals surface area contributed by atoms with Gasteiger partial charge in [0.15, 0.2) is 0 Å². The average Bonchev–Trinajstić information content (AvgIpc) is 3.13. The van der Waals surface area contributed by atoms with Crippen LogP contribution in [-0.4, -0.2) is 42.9 Å². The largest absolute Gasteiger partial charge is 0.477 e. The lowest BCUT2D eigenvalue weighted by Gasteiger charge is -2.28. The van der Waals surface area contributed by atoms with Crippen molar-refractivity contribution in [1.82, 2.24) is 9.97 Å². The van der Waals surface area contributed by atoms with Crippen LogP contribution in [0.1, 0.15) is 26.2 Å². The molecule has 2 aliphatic rings. The van der Waals surface area contributed by atoms with E-state index in [9.17, 15) is 0 Å². The molecule has 6 nitrogen and oxygen atoms in total. The molecule has 4 rings (SSSR count). The molecule has 0 amide bonds. The molecule has 0 bridgehead atoms. The Labute approximate surface area is 160 Å². The summed E-state index contributed by atoms with van der Waals surface area (Å²) in [6, 6.07) is 10.2. The Morgan fingerprint density at radius 1 is 1.15 bits per heavy atom. The van der Waals surface area contributed by atoms with E-state index in [0.29, 0.717) is 17.7 Å². The second kappa shape index (κ2) is 8.57. The lowest BCUT2D eigenvalue weighted by molar-refractivity contribution is 0.122. The van der Waals surface area contributed by atoms with E-state index in [1.807, 2.05) is 6.07 Å². The number of nitrogens with zero attached hydrogens (tertiary/aromatic N) is 3. The van der Waals surface area contributed by atoms with Crippen molar-refractivity contribution < 1.29 is 9.47 Å². The second-order valence-electron chi connectivity index (χ2n) is 7.59. The number of hydrogen-bond donors (Lipinski definition) is 1. The van der Waals surface area contributed by atoms with Crippen LogP contribution in [0.5, 0.6) is 5.88 Å². The zero-order chi connectivity index (χ0) is 18.5. The van der Waals surface area contributed by atoms with Gasteiger partial charge in [-0.1, -0.05) is 13.3 Å². The topological polar surface area (TPSA) is 59.5 Å². The molecule has 6 heteroatoms. The smallest absolute Gasteiger partial charge is 0.230 e. The first kappa shape index (κ1) is 18.0. The van der Waals surface area contributed by atoms with E-state index in [0.717, 1.165) is 44.5 Å². The fourth-order valence-electron chi connectivity index (χ4n) is 3.87. The summed E-state index contributed by atoms with van der Waals surface area (Å²) in [7, 11) is 0. The van der Waals surface area contributed by atoms with Gasteiger partial charge in [0.1, 0.15) is 0 Å². The second-order valence-corrected chi connectivity index (χ2v) is 7.59. The van der Waals surface area contributed by atoms with E-state index in [1.54, 1.807) is 6.20 Å². The lowest BCUT2D eigenvalue weighted by Crippen LogP contribution is -2.36. The van der Waals surface area contributed by atoms with Crippen LogP contribution in [0.2, 0.25) is 0 Å². The van der Waals surface area contributed by atoms with Gasteiger partial charge >= 0.3 is 0 Å². The van der Waals surface area contributed by atoms with Crippen LogP contribution in [0.25, 0.3) is 0 Å². The van der Waals surface area contributed by atoms with Crippen LogP contribution in [0.3, 0.4) is 0 Å². The Balaban J connectivity index is 1.33. The molecule has 1 saturated heterocycles. The third-order valence-electron chi connectivity index (χ3n) is 5.40. The van der Waals surface area contributed by atoms with Crippen molar-refractivity contribution in [2.24, 2.45) is 11.8 Å². The maximum atomic E-state index is 5.91. The first-order valence-corrected chi connectivity index (χ1v) is 9.92. The standard InChI is InChI=1S/C21H28N4O2/c1-16-2-3-17(14-16)15-27-20-8-9-22-21(24-20)23-18-4-6-19(7-5-18)25-10-12-26-13-11-25/h4-9,16-17H,2-3,10-15H2,1H3,(H,22,23,24)/t16-,17+/m0/s1. The first-order chi connectivity index (χ1) is 13.3. The third-order valence-corrected chi connectivity index (χ3v) is 5.40. The number of rotatable bonds is 6. The fourth-order valence-corrected chi connectivity index (χ4v) is 3.87. The van der Waals surface area contributed by atoms with Crippen LogP contribution in [0, 0.1) is 11.8 Å². The minimum Gasteiger partial charge on any atom is -0.477 e. The number of anilines is 3. The van der Waals surface area contributed by atoms with Crippen molar-refractivity contribution in [3.8, 4) is 5.88 Å². The van der Waals surface area contributed by atoms with Crippen molar-refractivity contribution in [1.29, 1.82) is 0 Å². The number of aromatic nitrogens is 2. The van der Waals surface area contributed by atoms with Gasteiger partial charge in [-0.15, -0.1) is 0 Å². The fraction of sp³-hybridized carbons (Fsp3) is 0.524. The SMILES string of the molecule is C[C@H]1CC[C@@H](COc2ccnc(Nc3ccc(N4CCOCC4)cc3)n2)C1. The molecule has 0 unspecified atom stereocenters. The van der Waals surface area contributed by atoms with Gasteiger partial charge in [0, 0.05) is 36.7 Å². The van der Waals surface area contributed by atoms with Crippen molar-refractivity contribution in [2.45, 2.75) is 26.2 Å². The highest BCUT2D eigenvalue weighted by Gasteiger charge is 2.21. The van der Waals surface area contributed by atoms with Gasteiger partial charge in [-0.2, -0.15) is 4.98 Å². The molecule has 144 valence electrons. The van der Waals surface area contributed by atoms with Crippen LogP contribution in [0.4, 0.5) is 17.3 Å². The zero-order valence-electron chi connectivity index (χ0n) is 15.9. The van der Waals surface area contributed by atoms with Gasteiger partial charge in [0.2, 0.25) is 11.8 Å². The predicted molar refractivity (Wildman–Crippen MR) is 107 cm³/mol. The van der Waals surface area contributed by atoms with Gasteiger partial charge in [-0.25, -0.2) is 4.98 Å². The molecular weight excluding hydrogens is 340 g/mol. The summed E-state index contributed by atoms with van der Waals surface area (Å²) in [5, 5.41) is 3.26. The zero-order valence-corrected chi connectivity index (χ0v) is 15.9. The number of morpholine rings is 1. The van der Waals surface area contributed by atoms with Crippen molar-refractivity contribution in [3.63, 3.8) is 0 Å². The molecule has 1 aliphatic carbocycles. The number of hydrogen-bond acceptors (Lipinski definition) is 6. The molecular formula is C21H28N4O2. The maximum absolute atomic E-state index is 5.91. The van der Waals surface area contributed by atoms with Crippen molar-refractivity contribution in [3.05, 3.63) is 36.5 Å². The van der Waals surface area contributed by atoms with E-state index in [2.05, 4.69) is 51.4 Å². The quantitative estimate of drug-likeness (QED) is 0.835. The van der Waals surface area contributed by atoms with Gasteiger partial charge in [-0.05, 0) is 48.9 Å². The van der Waals surface area contributed by atoms with E-state index >= 15 is 0 Å². The molecule has 2 aromatic rings. The van der Waals surface area contributed by atoms with Gasteiger partial charge in [-0.3, -0.25) is 0 Å². The van der Waals surface area contributed by atoms with Gasteiger partial charge < -0.3 is 19.7 Å². The van der Waals surface area contributed by atoms with Crippen molar-refractivity contribution in [2.75, 3.05) is 43.1 Å². The molecule has 1 aromatic carbocycles. The Morgan fingerprint density at radius 2 is 1.96 bits per heavy atom. The summed E-state index contributed by atoms with van der Waals surface area (Å²) >= 11 is 0. The Morgan fingerprint density at radius 3 is 2.70 bits per heavy atom. The summed E-state index contributed by atoms with van der Waals surface area (Å²) in [5.74, 6) is 2.67. The molecule has 0 spiro atoms. The Hall–Kier alpha value is -2.34. The lowest BCUT2D eigenvalue weighted by atomic mass is 10.1. The summed E-state index contributed by atoms with van der Waals surface area (Å²) < 4.78 is 11.3. The normalized spacial score (nSPS) is 22.6. The molecule has 2 atom stereocenters. The minimum atomic E-state index is 0.561. The van der Waals surface area contributed by atoms with Crippen LogP contribution in [0.15, 0.2) is 36.5 Å². The van der Waals surface area contributed by atoms with E-state index < -0.39 is 0 Å². The highest BCUT2D eigenvalue weighted by Crippen LogP contribution is 2.30. The van der Waals surface area contributed by atoms with Gasteiger partial charge in [0.05, 0.1) is 19.8 Å². The van der Waals surface area contributed by atoms with Crippen LogP contribution < -0.4 is 15.0 Å². The number of nitrogens with one attached hydrogen (secondary N) is 1. The molecule has 1 saturated carbocycles. The van der Waals surface area contributed by atoms with Gasteiger partial charge in [0.25, 0.3) is 0 Å². The summed E-state index contributed by atoms with van der Waals surface area (Å²) in [4.78, 5) is 11.1. The van der Waals surface area contributed by atoms with Crippen LogP contribution >= 0.6 is 0 Å². The molecule has 1 aliphatic heterocycles. The number of benzene rings is 1. The Bertz CT molecular complexity index is 731. The first-order valence-electron chi connectivity index (χ1n) is 9.92. The molecule has 1 N–H and O–H groups in total. The average molecular weight is 368 g/mol. The summed E-state index contributed by atoms with van der Waals surface area (Å²) in [6.07, 6.45) is 5.56. The van der Waals surface area contributed by atoms with E-state index in [-0.39, 0.29) is 0 Å². The highest BCUT2D eigenvalue weighted by atomic mass is 16.5. The molecule has 0 radical (unpaired) electrons. The predicted octanol–water partition coefficient (Wildman–Crippen LogP) is 3.87. The minimum absolute atomic E-state index is 0.561. The van der Waals surface area contributed by atoms with Crippen molar-refractivity contribution >= 4 is 17.3 Å². The summed E-state index contributed by atoms with van der Waals surface area (Å²) in [5.41, 5.74) is 2.18.